The van der Waals surface area contributed by atoms with E-state index in [-0.39, 0.29) is 6.10 Å². The number of ether oxygens (including phenoxy) is 1. The molecule has 2 heteroatoms. The molecule has 3 unspecified atom stereocenters. The summed E-state index contributed by atoms with van der Waals surface area (Å²) in [6.45, 7) is 5.30. The minimum Gasteiger partial charge on any atom is -0.372 e. The molecule has 1 fully saturated rings. The minimum atomic E-state index is 0.205. The zero-order valence-corrected chi connectivity index (χ0v) is 10.1. The molecule has 1 aliphatic rings. The van der Waals surface area contributed by atoms with Crippen molar-refractivity contribution in [2.45, 2.75) is 44.9 Å². The molecule has 0 radical (unpaired) electrons. The fourth-order valence-corrected chi connectivity index (χ4v) is 2.33. The predicted molar refractivity (Wildman–Crippen MR) is 66.4 cm³/mol. The van der Waals surface area contributed by atoms with E-state index in [0.717, 1.165) is 19.4 Å². The fourth-order valence-electron chi connectivity index (χ4n) is 2.33. The van der Waals surface area contributed by atoms with Crippen molar-refractivity contribution in [1.82, 2.24) is 5.32 Å². The Kier molecular flexibility index (Phi) is 3.97. The molecule has 0 bridgehead atoms. The molecule has 0 aliphatic carbocycles. The standard InChI is InChI=1S/C14H21NO/c1-3-13-14(12-7-5-4-6-8-12)16-10-9-11(2)15-13/h4-8,11,13-15H,3,9-10H2,1-2H3. The predicted octanol–water partition coefficient (Wildman–Crippen LogP) is 2.90. The normalized spacial score (nSPS) is 31.0. The van der Waals surface area contributed by atoms with Crippen LogP contribution < -0.4 is 5.32 Å². The Hall–Kier alpha value is -0.860. The van der Waals surface area contributed by atoms with Crippen LogP contribution in [-0.4, -0.2) is 18.7 Å². The second-order valence-electron chi connectivity index (χ2n) is 4.57. The van der Waals surface area contributed by atoms with Crippen molar-refractivity contribution < 1.29 is 4.74 Å². The Bertz CT molecular complexity index is 312. The Morgan fingerprint density at radius 2 is 2.06 bits per heavy atom. The molecular formula is C14H21NO. The van der Waals surface area contributed by atoms with Crippen LogP contribution in [0.1, 0.15) is 38.4 Å². The second-order valence-corrected chi connectivity index (χ2v) is 4.57. The molecule has 1 aromatic rings. The number of rotatable bonds is 2. The largest absolute Gasteiger partial charge is 0.372 e. The van der Waals surface area contributed by atoms with Gasteiger partial charge in [0, 0.05) is 18.7 Å². The Labute approximate surface area is 98.0 Å². The van der Waals surface area contributed by atoms with Crippen LogP contribution in [-0.2, 0) is 4.74 Å². The maximum atomic E-state index is 6.00. The van der Waals surface area contributed by atoms with Crippen LogP contribution in [0.4, 0.5) is 0 Å². The van der Waals surface area contributed by atoms with Crippen LogP contribution in [0.2, 0.25) is 0 Å². The summed E-state index contributed by atoms with van der Waals surface area (Å²) in [5.74, 6) is 0. The smallest absolute Gasteiger partial charge is 0.0977 e. The first kappa shape index (κ1) is 11.6. The zero-order chi connectivity index (χ0) is 11.4. The number of benzene rings is 1. The molecule has 3 atom stereocenters. The van der Waals surface area contributed by atoms with E-state index in [1.165, 1.54) is 5.56 Å². The van der Waals surface area contributed by atoms with Gasteiger partial charge in [0.1, 0.15) is 0 Å². The lowest BCUT2D eigenvalue weighted by molar-refractivity contribution is 0.0411. The van der Waals surface area contributed by atoms with E-state index < -0.39 is 0 Å². The van der Waals surface area contributed by atoms with E-state index in [1.807, 2.05) is 0 Å². The summed E-state index contributed by atoms with van der Waals surface area (Å²) in [6.07, 6.45) is 2.40. The Morgan fingerprint density at radius 3 is 2.75 bits per heavy atom. The number of hydrogen-bond donors (Lipinski definition) is 1. The highest BCUT2D eigenvalue weighted by Crippen LogP contribution is 2.26. The van der Waals surface area contributed by atoms with Gasteiger partial charge in [0.05, 0.1) is 6.10 Å². The van der Waals surface area contributed by atoms with Crippen molar-refractivity contribution in [3.8, 4) is 0 Å². The van der Waals surface area contributed by atoms with Crippen LogP contribution in [0.5, 0.6) is 0 Å². The maximum Gasteiger partial charge on any atom is 0.0977 e. The van der Waals surface area contributed by atoms with Gasteiger partial charge in [-0.25, -0.2) is 0 Å². The third-order valence-corrected chi connectivity index (χ3v) is 3.28. The second kappa shape index (κ2) is 5.46. The van der Waals surface area contributed by atoms with Crippen molar-refractivity contribution in [2.24, 2.45) is 0 Å². The lowest BCUT2D eigenvalue weighted by Gasteiger charge is -2.26. The molecule has 0 amide bonds. The van der Waals surface area contributed by atoms with E-state index in [0.29, 0.717) is 12.1 Å². The summed E-state index contributed by atoms with van der Waals surface area (Å²) in [4.78, 5) is 0. The van der Waals surface area contributed by atoms with Crippen LogP contribution in [0.15, 0.2) is 30.3 Å². The molecule has 1 saturated heterocycles. The van der Waals surface area contributed by atoms with Gasteiger partial charge in [0.2, 0.25) is 0 Å². The summed E-state index contributed by atoms with van der Waals surface area (Å²) in [7, 11) is 0. The van der Waals surface area contributed by atoms with Gasteiger partial charge < -0.3 is 10.1 Å². The Morgan fingerprint density at radius 1 is 1.31 bits per heavy atom. The number of nitrogens with one attached hydrogen (secondary N) is 1. The van der Waals surface area contributed by atoms with Gasteiger partial charge in [-0.3, -0.25) is 0 Å². The molecule has 0 aromatic heterocycles. The molecule has 2 nitrogen and oxygen atoms in total. The summed E-state index contributed by atoms with van der Waals surface area (Å²) >= 11 is 0. The lowest BCUT2D eigenvalue weighted by atomic mass is 10.00. The summed E-state index contributed by atoms with van der Waals surface area (Å²) in [6, 6.07) is 11.5. The van der Waals surface area contributed by atoms with Gasteiger partial charge in [-0.05, 0) is 25.3 Å². The number of hydrogen-bond acceptors (Lipinski definition) is 2. The molecule has 2 rings (SSSR count). The maximum absolute atomic E-state index is 6.00. The highest BCUT2D eigenvalue weighted by Gasteiger charge is 2.26. The monoisotopic (exact) mass is 219 g/mol. The average Bonchev–Trinajstić information content (AvgIpc) is 2.51. The SMILES string of the molecule is CCC1NC(C)CCOC1c1ccccc1. The van der Waals surface area contributed by atoms with Crippen LogP contribution >= 0.6 is 0 Å². The third-order valence-electron chi connectivity index (χ3n) is 3.28. The van der Waals surface area contributed by atoms with Crippen molar-refractivity contribution >= 4 is 0 Å². The van der Waals surface area contributed by atoms with E-state index in [4.69, 9.17) is 4.74 Å². The van der Waals surface area contributed by atoms with E-state index in [9.17, 15) is 0 Å². The third kappa shape index (κ3) is 2.63. The average molecular weight is 219 g/mol. The quantitative estimate of drug-likeness (QED) is 0.825. The molecular weight excluding hydrogens is 198 g/mol. The fraction of sp³-hybridized carbons (Fsp3) is 0.571. The molecule has 88 valence electrons. The van der Waals surface area contributed by atoms with Crippen LogP contribution in [0, 0.1) is 0 Å². The first-order chi connectivity index (χ1) is 7.81. The van der Waals surface area contributed by atoms with Gasteiger partial charge in [-0.2, -0.15) is 0 Å². The molecule has 0 spiro atoms. The van der Waals surface area contributed by atoms with Gasteiger partial charge in [-0.1, -0.05) is 37.3 Å². The minimum absolute atomic E-state index is 0.205. The van der Waals surface area contributed by atoms with Crippen LogP contribution in [0.25, 0.3) is 0 Å². The van der Waals surface area contributed by atoms with Crippen molar-refractivity contribution in [3.63, 3.8) is 0 Å². The summed E-state index contributed by atoms with van der Waals surface area (Å²) < 4.78 is 6.00. The highest BCUT2D eigenvalue weighted by atomic mass is 16.5. The van der Waals surface area contributed by atoms with Crippen molar-refractivity contribution in [2.75, 3.05) is 6.61 Å². The van der Waals surface area contributed by atoms with Gasteiger partial charge in [0.25, 0.3) is 0 Å². The van der Waals surface area contributed by atoms with E-state index >= 15 is 0 Å². The van der Waals surface area contributed by atoms with E-state index in [1.54, 1.807) is 0 Å². The molecule has 16 heavy (non-hydrogen) atoms. The molecule has 0 saturated carbocycles. The van der Waals surface area contributed by atoms with Crippen molar-refractivity contribution in [3.05, 3.63) is 35.9 Å². The van der Waals surface area contributed by atoms with Gasteiger partial charge in [-0.15, -0.1) is 0 Å². The zero-order valence-electron chi connectivity index (χ0n) is 10.1. The first-order valence-electron chi connectivity index (χ1n) is 6.24. The molecule has 1 N–H and O–H groups in total. The molecule has 1 heterocycles. The first-order valence-corrected chi connectivity index (χ1v) is 6.24. The van der Waals surface area contributed by atoms with E-state index in [2.05, 4.69) is 49.5 Å². The van der Waals surface area contributed by atoms with Gasteiger partial charge >= 0.3 is 0 Å². The summed E-state index contributed by atoms with van der Waals surface area (Å²) in [5, 5.41) is 3.65. The van der Waals surface area contributed by atoms with Crippen molar-refractivity contribution in [1.29, 1.82) is 0 Å². The summed E-state index contributed by atoms with van der Waals surface area (Å²) in [5.41, 5.74) is 1.29. The lowest BCUT2D eigenvalue weighted by Crippen LogP contribution is -2.38. The highest BCUT2D eigenvalue weighted by molar-refractivity contribution is 5.19. The Balaban J connectivity index is 2.17. The molecule has 1 aliphatic heterocycles. The molecule has 1 aromatic carbocycles. The van der Waals surface area contributed by atoms with Gasteiger partial charge in [0.15, 0.2) is 0 Å². The topological polar surface area (TPSA) is 21.3 Å². The van der Waals surface area contributed by atoms with Crippen LogP contribution in [0.3, 0.4) is 0 Å².